The first-order valence-corrected chi connectivity index (χ1v) is 7.99. The zero-order valence-corrected chi connectivity index (χ0v) is 11.7. The van der Waals surface area contributed by atoms with E-state index in [9.17, 15) is 8.42 Å². The molecule has 1 unspecified atom stereocenters. The summed E-state index contributed by atoms with van der Waals surface area (Å²) in [4.78, 5) is 0. The lowest BCUT2D eigenvalue weighted by molar-refractivity contribution is 0.397. The van der Waals surface area contributed by atoms with E-state index in [1.165, 1.54) is 0 Å². The van der Waals surface area contributed by atoms with Crippen LogP contribution in [0.5, 0.6) is 0 Å². The Labute approximate surface area is 105 Å². The van der Waals surface area contributed by atoms with Crippen LogP contribution in [-0.4, -0.2) is 45.4 Å². The molecule has 1 fully saturated rings. The van der Waals surface area contributed by atoms with Gasteiger partial charge in [-0.25, -0.2) is 4.72 Å². The highest BCUT2D eigenvalue weighted by Gasteiger charge is 2.22. The summed E-state index contributed by atoms with van der Waals surface area (Å²) in [7, 11) is -3.28. The number of nitrogens with zero attached hydrogens (tertiary/aromatic N) is 1. The van der Waals surface area contributed by atoms with Gasteiger partial charge in [0.2, 0.25) is 0 Å². The third-order valence-corrected chi connectivity index (χ3v) is 4.58. The van der Waals surface area contributed by atoms with Crippen LogP contribution in [0.3, 0.4) is 0 Å². The van der Waals surface area contributed by atoms with Gasteiger partial charge in [-0.1, -0.05) is 13.8 Å². The van der Waals surface area contributed by atoms with E-state index in [1.807, 2.05) is 13.8 Å². The molecule has 0 aromatic rings. The lowest BCUT2D eigenvalue weighted by atomic mass is 10.1. The largest absolute Gasteiger partial charge is 0.316 e. The minimum Gasteiger partial charge on any atom is -0.316 e. The molecule has 1 atom stereocenters. The summed E-state index contributed by atoms with van der Waals surface area (Å²) >= 11 is 0. The summed E-state index contributed by atoms with van der Waals surface area (Å²) in [6, 6.07) is 0. The van der Waals surface area contributed by atoms with Crippen molar-refractivity contribution in [1.82, 2.24) is 14.3 Å². The van der Waals surface area contributed by atoms with Crippen molar-refractivity contribution in [3.8, 4) is 0 Å². The predicted octanol–water partition coefficient (Wildman–Crippen LogP) is 0.552. The smallest absolute Gasteiger partial charge is 0.279 e. The highest BCUT2D eigenvalue weighted by atomic mass is 32.2. The summed E-state index contributed by atoms with van der Waals surface area (Å²) in [6.07, 6.45) is 2.77. The second-order valence-electron chi connectivity index (χ2n) is 4.61. The van der Waals surface area contributed by atoms with E-state index in [-0.39, 0.29) is 0 Å². The second kappa shape index (κ2) is 7.31. The standard InChI is InChI=1S/C11H25N3O2S/c1-3-7-14(8-4-2)17(15,16)13-10-11-5-6-12-9-11/h11-13H,3-10H2,1-2H3. The molecule has 2 N–H and O–H groups in total. The Morgan fingerprint density at radius 3 is 2.41 bits per heavy atom. The van der Waals surface area contributed by atoms with Gasteiger partial charge in [-0.3, -0.25) is 0 Å². The Morgan fingerprint density at radius 2 is 1.94 bits per heavy atom. The van der Waals surface area contributed by atoms with Gasteiger partial charge in [0.15, 0.2) is 0 Å². The molecule has 0 amide bonds. The Morgan fingerprint density at radius 1 is 1.29 bits per heavy atom. The fraction of sp³-hybridized carbons (Fsp3) is 1.00. The average Bonchev–Trinajstić information content (AvgIpc) is 2.79. The van der Waals surface area contributed by atoms with Gasteiger partial charge in [-0.15, -0.1) is 0 Å². The molecule has 0 aromatic carbocycles. The van der Waals surface area contributed by atoms with E-state index < -0.39 is 10.2 Å². The molecule has 0 aliphatic carbocycles. The monoisotopic (exact) mass is 263 g/mol. The van der Waals surface area contributed by atoms with Crippen molar-refractivity contribution in [3.63, 3.8) is 0 Å². The van der Waals surface area contributed by atoms with Crippen LogP contribution in [0.15, 0.2) is 0 Å². The van der Waals surface area contributed by atoms with E-state index in [2.05, 4.69) is 10.0 Å². The number of rotatable bonds is 8. The average molecular weight is 263 g/mol. The predicted molar refractivity (Wildman–Crippen MR) is 70.1 cm³/mol. The third-order valence-electron chi connectivity index (χ3n) is 3.00. The molecule has 1 aliphatic rings. The molecule has 1 heterocycles. The molecule has 102 valence electrons. The van der Waals surface area contributed by atoms with Crippen LogP contribution in [0.2, 0.25) is 0 Å². The first-order valence-electron chi connectivity index (χ1n) is 6.55. The number of nitrogens with one attached hydrogen (secondary N) is 2. The van der Waals surface area contributed by atoms with Crippen LogP contribution >= 0.6 is 0 Å². The van der Waals surface area contributed by atoms with Gasteiger partial charge in [-0.05, 0) is 38.3 Å². The fourth-order valence-corrected chi connectivity index (χ4v) is 3.53. The molecule has 0 aromatic heterocycles. The lowest BCUT2D eigenvalue weighted by Gasteiger charge is -2.22. The van der Waals surface area contributed by atoms with Crippen molar-refractivity contribution in [1.29, 1.82) is 0 Å². The summed E-state index contributed by atoms with van der Waals surface area (Å²) in [5, 5.41) is 3.24. The zero-order valence-electron chi connectivity index (χ0n) is 10.9. The van der Waals surface area contributed by atoms with Crippen molar-refractivity contribution in [2.24, 2.45) is 5.92 Å². The van der Waals surface area contributed by atoms with Gasteiger partial charge in [0.1, 0.15) is 0 Å². The number of hydrogen-bond acceptors (Lipinski definition) is 3. The van der Waals surface area contributed by atoms with E-state index in [0.29, 0.717) is 25.6 Å². The summed E-state index contributed by atoms with van der Waals surface area (Å²) in [5.41, 5.74) is 0. The van der Waals surface area contributed by atoms with Crippen molar-refractivity contribution in [3.05, 3.63) is 0 Å². The minimum absolute atomic E-state index is 0.440. The highest BCUT2D eigenvalue weighted by molar-refractivity contribution is 7.87. The fourth-order valence-electron chi connectivity index (χ4n) is 2.05. The van der Waals surface area contributed by atoms with Gasteiger partial charge >= 0.3 is 0 Å². The van der Waals surface area contributed by atoms with E-state index in [4.69, 9.17) is 0 Å². The molecule has 0 saturated carbocycles. The molecule has 0 bridgehead atoms. The molecule has 1 aliphatic heterocycles. The molecular weight excluding hydrogens is 238 g/mol. The second-order valence-corrected chi connectivity index (χ2v) is 6.37. The van der Waals surface area contributed by atoms with Gasteiger partial charge < -0.3 is 5.32 Å². The Hall–Kier alpha value is -0.170. The van der Waals surface area contributed by atoms with E-state index >= 15 is 0 Å². The van der Waals surface area contributed by atoms with Crippen LogP contribution in [-0.2, 0) is 10.2 Å². The van der Waals surface area contributed by atoms with Crippen molar-refractivity contribution >= 4 is 10.2 Å². The van der Waals surface area contributed by atoms with Crippen LogP contribution in [0.1, 0.15) is 33.1 Å². The van der Waals surface area contributed by atoms with Gasteiger partial charge in [0.25, 0.3) is 10.2 Å². The van der Waals surface area contributed by atoms with Crippen LogP contribution in [0, 0.1) is 5.92 Å². The van der Waals surface area contributed by atoms with Gasteiger partial charge in [0.05, 0.1) is 0 Å². The molecule has 1 saturated heterocycles. The lowest BCUT2D eigenvalue weighted by Crippen LogP contribution is -2.43. The third kappa shape index (κ3) is 4.91. The number of hydrogen-bond donors (Lipinski definition) is 2. The first kappa shape index (κ1) is 14.9. The molecule has 0 spiro atoms. The van der Waals surface area contributed by atoms with E-state index in [0.717, 1.165) is 32.4 Å². The summed E-state index contributed by atoms with van der Waals surface area (Å²) in [6.45, 7) is 7.68. The van der Waals surface area contributed by atoms with Crippen molar-refractivity contribution < 1.29 is 8.42 Å². The molecular formula is C11H25N3O2S. The maximum Gasteiger partial charge on any atom is 0.279 e. The SMILES string of the molecule is CCCN(CCC)S(=O)(=O)NCC1CCNC1. The summed E-state index contributed by atoms with van der Waals surface area (Å²) in [5.74, 6) is 0.440. The topological polar surface area (TPSA) is 61.4 Å². The van der Waals surface area contributed by atoms with Gasteiger partial charge in [0, 0.05) is 19.6 Å². The van der Waals surface area contributed by atoms with Gasteiger partial charge in [-0.2, -0.15) is 12.7 Å². The van der Waals surface area contributed by atoms with Crippen LogP contribution < -0.4 is 10.0 Å². The van der Waals surface area contributed by atoms with Crippen molar-refractivity contribution in [2.45, 2.75) is 33.1 Å². The summed E-state index contributed by atoms with van der Waals surface area (Å²) < 4.78 is 28.4. The van der Waals surface area contributed by atoms with Crippen molar-refractivity contribution in [2.75, 3.05) is 32.7 Å². The Balaban J connectivity index is 2.45. The first-order chi connectivity index (χ1) is 8.10. The molecule has 0 radical (unpaired) electrons. The Kier molecular flexibility index (Phi) is 6.40. The maximum absolute atomic E-state index is 12.1. The highest BCUT2D eigenvalue weighted by Crippen LogP contribution is 2.08. The Bertz CT molecular complexity index is 294. The molecule has 6 heteroatoms. The quantitative estimate of drug-likeness (QED) is 0.672. The minimum atomic E-state index is -3.28. The van der Waals surface area contributed by atoms with Crippen LogP contribution in [0.25, 0.3) is 0 Å². The van der Waals surface area contributed by atoms with Crippen LogP contribution in [0.4, 0.5) is 0 Å². The molecule has 5 nitrogen and oxygen atoms in total. The van der Waals surface area contributed by atoms with E-state index in [1.54, 1.807) is 4.31 Å². The molecule has 1 rings (SSSR count). The normalized spacial score (nSPS) is 21.2. The molecule has 17 heavy (non-hydrogen) atoms. The zero-order chi connectivity index (χ0) is 12.7. The maximum atomic E-state index is 12.1.